The van der Waals surface area contributed by atoms with E-state index in [2.05, 4.69) is 17.4 Å². The molecule has 16 heavy (non-hydrogen) atoms. The largest absolute Gasteiger partial charge is 0.379 e. The standard InChI is InChI=1S/C12H25N3O/c1-2-11-3-4-12(9-11,10-13)14-15-5-7-16-8-6-15/h11,14H,2-10,13H2,1H3. The Kier molecular flexibility index (Phi) is 4.19. The number of hydrogen-bond acceptors (Lipinski definition) is 4. The molecule has 0 amide bonds. The van der Waals surface area contributed by atoms with E-state index < -0.39 is 0 Å². The average molecular weight is 227 g/mol. The molecule has 0 aromatic rings. The van der Waals surface area contributed by atoms with Crippen LogP contribution in [0.5, 0.6) is 0 Å². The summed E-state index contributed by atoms with van der Waals surface area (Å²) in [7, 11) is 0. The average Bonchev–Trinajstić information content (AvgIpc) is 2.75. The van der Waals surface area contributed by atoms with E-state index in [0.29, 0.717) is 0 Å². The van der Waals surface area contributed by atoms with Crippen molar-refractivity contribution in [3.63, 3.8) is 0 Å². The van der Waals surface area contributed by atoms with Gasteiger partial charge in [0.05, 0.1) is 13.2 Å². The lowest BCUT2D eigenvalue weighted by Crippen LogP contribution is -2.59. The maximum absolute atomic E-state index is 5.98. The van der Waals surface area contributed by atoms with Gasteiger partial charge in [0.25, 0.3) is 0 Å². The molecule has 0 aromatic carbocycles. The van der Waals surface area contributed by atoms with Crippen molar-refractivity contribution in [1.82, 2.24) is 10.4 Å². The summed E-state index contributed by atoms with van der Waals surface area (Å²) in [6.45, 7) is 6.68. The van der Waals surface area contributed by atoms with Crippen LogP contribution in [0.3, 0.4) is 0 Å². The van der Waals surface area contributed by atoms with E-state index >= 15 is 0 Å². The SMILES string of the molecule is CCC1CCC(CN)(NN2CCOCC2)C1. The molecule has 4 heteroatoms. The first-order valence-corrected chi connectivity index (χ1v) is 6.58. The van der Waals surface area contributed by atoms with Crippen LogP contribution in [0, 0.1) is 5.92 Å². The number of morpholine rings is 1. The Hall–Kier alpha value is -0.160. The normalized spacial score (nSPS) is 36.8. The minimum absolute atomic E-state index is 0.165. The second-order valence-corrected chi connectivity index (χ2v) is 5.21. The fraction of sp³-hybridized carbons (Fsp3) is 1.00. The summed E-state index contributed by atoms with van der Waals surface area (Å²) in [5.74, 6) is 0.858. The van der Waals surface area contributed by atoms with Crippen LogP contribution in [0.2, 0.25) is 0 Å². The molecule has 0 spiro atoms. The van der Waals surface area contributed by atoms with Gasteiger partial charge in [-0.15, -0.1) is 0 Å². The smallest absolute Gasteiger partial charge is 0.0608 e. The third-order valence-electron chi connectivity index (χ3n) is 4.09. The van der Waals surface area contributed by atoms with Gasteiger partial charge < -0.3 is 10.5 Å². The molecule has 2 rings (SSSR count). The zero-order valence-corrected chi connectivity index (χ0v) is 10.4. The van der Waals surface area contributed by atoms with Gasteiger partial charge in [-0.1, -0.05) is 13.3 Å². The number of nitrogens with one attached hydrogen (secondary N) is 1. The number of hydrazine groups is 1. The van der Waals surface area contributed by atoms with Crippen molar-refractivity contribution in [1.29, 1.82) is 0 Å². The zero-order valence-electron chi connectivity index (χ0n) is 10.4. The number of nitrogens with two attached hydrogens (primary N) is 1. The van der Waals surface area contributed by atoms with E-state index in [1.54, 1.807) is 0 Å². The van der Waals surface area contributed by atoms with Crippen molar-refractivity contribution >= 4 is 0 Å². The highest BCUT2D eigenvalue weighted by molar-refractivity contribution is 4.96. The maximum atomic E-state index is 5.98. The van der Waals surface area contributed by atoms with Gasteiger partial charge >= 0.3 is 0 Å². The molecule has 2 fully saturated rings. The Labute approximate surface area is 98.5 Å². The van der Waals surface area contributed by atoms with Crippen molar-refractivity contribution in [2.75, 3.05) is 32.8 Å². The Morgan fingerprint density at radius 1 is 1.44 bits per heavy atom. The van der Waals surface area contributed by atoms with Crippen LogP contribution in [-0.4, -0.2) is 43.4 Å². The second kappa shape index (κ2) is 5.45. The lowest BCUT2D eigenvalue weighted by atomic mass is 9.96. The molecule has 2 aliphatic rings. The molecule has 3 N–H and O–H groups in total. The molecule has 0 aromatic heterocycles. The Morgan fingerprint density at radius 2 is 2.19 bits per heavy atom. The molecule has 0 bridgehead atoms. The van der Waals surface area contributed by atoms with Crippen LogP contribution in [0.15, 0.2) is 0 Å². The fourth-order valence-electron chi connectivity index (χ4n) is 2.93. The fourth-order valence-corrected chi connectivity index (χ4v) is 2.93. The predicted octanol–water partition coefficient (Wildman–Crippen LogP) is 0.731. The van der Waals surface area contributed by atoms with Crippen LogP contribution in [0.25, 0.3) is 0 Å². The highest BCUT2D eigenvalue weighted by atomic mass is 16.5. The Balaban J connectivity index is 1.89. The first kappa shape index (κ1) is 12.3. The number of rotatable bonds is 4. The monoisotopic (exact) mass is 227 g/mol. The predicted molar refractivity (Wildman–Crippen MR) is 64.9 cm³/mol. The minimum atomic E-state index is 0.165. The molecule has 1 aliphatic heterocycles. The van der Waals surface area contributed by atoms with Crippen LogP contribution >= 0.6 is 0 Å². The first-order chi connectivity index (χ1) is 7.78. The summed E-state index contributed by atoms with van der Waals surface area (Å²) in [5, 5.41) is 2.30. The molecule has 4 nitrogen and oxygen atoms in total. The maximum Gasteiger partial charge on any atom is 0.0608 e. The molecule has 1 heterocycles. The van der Waals surface area contributed by atoms with Gasteiger partial charge in [0.15, 0.2) is 0 Å². The number of hydrogen-bond donors (Lipinski definition) is 2. The quantitative estimate of drug-likeness (QED) is 0.743. The van der Waals surface area contributed by atoms with Crippen LogP contribution < -0.4 is 11.2 Å². The van der Waals surface area contributed by atoms with Gasteiger partial charge in [-0.25, -0.2) is 10.4 Å². The highest BCUT2D eigenvalue weighted by Gasteiger charge is 2.38. The van der Waals surface area contributed by atoms with Crippen molar-refractivity contribution in [3.8, 4) is 0 Å². The summed E-state index contributed by atoms with van der Waals surface area (Å²) >= 11 is 0. The molecular weight excluding hydrogens is 202 g/mol. The Bertz CT molecular complexity index is 218. The van der Waals surface area contributed by atoms with Gasteiger partial charge in [0, 0.05) is 25.2 Å². The van der Waals surface area contributed by atoms with Crippen LogP contribution in [0.4, 0.5) is 0 Å². The third kappa shape index (κ3) is 2.74. The third-order valence-corrected chi connectivity index (χ3v) is 4.09. The number of ether oxygens (including phenoxy) is 1. The second-order valence-electron chi connectivity index (χ2n) is 5.21. The van der Waals surface area contributed by atoms with Crippen molar-refractivity contribution in [2.45, 2.75) is 38.1 Å². The van der Waals surface area contributed by atoms with Gasteiger partial charge in [-0.3, -0.25) is 0 Å². The van der Waals surface area contributed by atoms with Gasteiger partial charge in [0.1, 0.15) is 0 Å². The topological polar surface area (TPSA) is 50.5 Å². The summed E-state index contributed by atoms with van der Waals surface area (Å²) in [5.41, 5.74) is 9.82. The molecule has 2 unspecified atom stereocenters. The lowest BCUT2D eigenvalue weighted by molar-refractivity contribution is -0.0114. The molecule has 94 valence electrons. The van der Waals surface area contributed by atoms with E-state index in [9.17, 15) is 0 Å². The van der Waals surface area contributed by atoms with Crippen molar-refractivity contribution in [3.05, 3.63) is 0 Å². The van der Waals surface area contributed by atoms with Crippen LogP contribution in [-0.2, 0) is 4.74 Å². The molecule has 2 atom stereocenters. The summed E-state index contributed by atoms with van der Waals surface area (Å²) in [6, 6.07) is 0. The molecular formula is C12H25N3O. The van der Waals surface area contributed by atoms with Crippen molar-refractivity contribution < 1.29 is 4.74 Å². The van der Waals surface area contributed by atoms with E-state index in [1.807, 2.05) is 0 Å². The molecule has 1 saturated carbocycles. The van der Waals surface area contributed by atoms with Gasteiger partial charge in [-0.05, 0) is 25.2 Å². The van der Waals surface area contributed by atoms with E-state index in [1.165, 1.54) is 25.7 Å². The summed E-state index contributed by atoms with van der Waals surface area (Å²) < 4.78 is 5.36. The molecule has 0 radical (unpaired) electrons. The number of nitrogens with zero attached hydrogens (tertiary/aromatic N) is 1. The summed E-state index contributed by atoms with van der Waals surface area (Å²) in [4.78, 5) is 0. The van der Waals surface area contributed by atoms with E-state index in [4.69, 9.17) is 10.5 Å². The van der Waals surface area contributed by atoms with Gasteiger partial charge in [-0.2, -0.15) is 0 Å². The van der Waals surface area contributed by atoms with Crippen molar-refractivity contribution in [2.24, 2.45) is 11.7 Å². The molecule has 1 saturated heterocycles. The summed E-state index contributed by atoms with van der Waals surface area (Å²) in [6.07, 6.45) is 5.06. The lowest BCUT2D eigenvalue weighted by Gasteiger charge is -2.38. The Morgan fingerprint density at radius 3 is 2.75 bits per heavy atom. The van der Waals surface area contributed by atoms with Gasteiger partial charge in [0.2, 0.25) is 0 Å². The molecule has 1 aliphatic carbocycles. The zero-order chi connectivity index (χ0) is 11.4. The van der Waals surface area contributed by atoms with Crippen LogP contribution in [0.1, 0.15) is 32.6 Å². The minimum Gasteiger partial charge on any atom is -0.379 e. The van der Waals surface area contributed by atoms with E-state index in [-0.39, 0.29) is 5.54 Å². The first-order valence-electron chi connectivity index (χ1n) is 6.58. The van der Waals surface area contributed by atoms with E-state index in [0.717, 1.165) is 38.8 Å². The highest BCUT2D eigenvalue weighted by Crippen LogP contribution is 2.35.